The average Bonchev–Trinajstić information content (AvgIpc) is 3.51. The van der Waals surface area contributed by atoms with Crippen molar-refractivity contribution < 1.29 is 18.4 Å². The molecule has 0 bridgehead atoms. The number of rotatable bonds is 6. The lowest BCUT2D eigenvalue weighted by Gasteiger charge is -2.09. The fourth-order valence-corrected chi connectivity index (χ4v) is 4.24. The molecule has 30 heavy (non-hydrogen) atoms. The van der Waals surface area contributed by atoms with Gasteiger partial charge in [0.1, 0.15) is 5.69 Å². The number of alkyl halides is 2. The molecule has 0 unspecified atom stereocenters. The standard InChI is InChI=1S/C20H17ClF2N4O2S/c21-14-8-13(30-10-11-4-2-1-3-5-11)9-27-16(15(12-6-7-12)24-18(14)27)19(28)25-26-20(29)17(22)23/h1-5,8-9,12,17H,6-7,10H2,(H,25,28)(H,26,29). The van der Waals surface area contributed by atoms with Crippen molar-refractivity contribution in [2.45, 2.75) is 35.8 Å². The highest BCUT2D eigenvalue weighted by molar-refractivity contribution is 7.98. The molecule has 1 fully saturated rings. The van der Waals surface area contributed by atoms with Crippen LogP contribution >= 0.6 is 23.4 Å². The molecule has 1 aliphatic rings. The average molecular weight is 451 g/mol. The predicted octanol–water partition coefficient (Wildman–Crippen LogP) is 4.18. The van der Waals surface area contributed by atoms with Gasteiger partial charge in [-0.05, 0) is 24.5 Å². The van der Waals surface area contributed by atoms with Gasteiger partial charge in [-0.15, -0.1) is 11.8 Å². The van der Waals surface area contributed by atoms with Crippen molar-refractivity contribution in [1.82, 2.24) is 20.2 Å². The Balaban J connectivity index is 1.65. The zero-order chi connectivity index (χ0) is 21.3. The number of hydrogen-bond donors (Lipinski definition) is 2. The SMILES string of the molecule is O=C(NNC(=O)C(F)F)c1c(C2CC2)nc2c(Cl)cc(SCc3ccccc3)cn12. The molecular formula is C20H17ClF2N4O2S. The van der Waals surface area contributed by atoms with E-state index in [1.807, 2.05) is 35.8 Å². The van der Waals surface area contributed by atoms with Gasteiger partial charge in [0, 0.05) is 22.8 Å². The monoisotopic (exact) mass is 450 g/mol. The molecule has 1 aromatic carbocycles. The van der Waals surface area contributed by atoms with Gasteiger partial charge in [0.15, 0.2) is 5.65 Å². The van der Waals surface area contributed by atoms with Crippen LogP contribution in [0.5, 0.6) is 0 Å². The Labute approximate surface area is 180 Å². The quantitative estimate of drug-likeness (QED) is 0.436. The molecule has 156 valence electrons. The Kier molecular flexibility index (Phi) is 5.92. The molecule has 4 rings (SSSR count). The number of carbonyl (C=O) groups excluding carboxylic acids is 2. The number of thioether (sulfide) groups is 1. The van der Waals surface area contributed by atoms with Crippen LogP contribution < -0.4 is 10.9 Å². The number of fused-ring (bicyclic) bond motifs is 1. The number of carbonyl (C=O) groups is 2. The second-order valence-corrected chi connectivity index (χ2v) is 8.31. The molecule has 2 heterocycles. The Hall–Kier alpha value is -2.65. The summed E-state index contributed by atoms with van der Waals surface area (Å²) in [6, 6.07) is 11.7. The summed E-state index contributed by atoms with van der Waals surface area (Å²) >= 11 is 7.98. The third-order valence-corrected chi connectivity index (χ3v) is 5.91. The maximum atomic E-state index is 12.7. The van der Waals surface area contributed by atoms with E-state index < -0.39 is 18.2 Å². The van der Waals surface area contributed by atoms with E-state index in [1.54, 1.807) is 33.9 Å². The summed E-state index contributed by atoms with van der Waals surface area (Å²) < 4.78 is 26.4. The largest absolute Gasteiger partial charge is 0.317 e. The molecule has 1 aliphatic carbocycles. The van der Waals surface area contributed by atoms with Crippen LogP contribution in [0.4, 0.5) is 8.78 Å². The molecule has 0 aliphatic heterocycles. The molecule has 0 radical (unpaired) electrons. The smallest absolute Gasteiger partial charge is 0.293 e. The number of amides is 2. The molecule has 2 aromatic heterocycles. The number of halogens is 3. The van der Waals surface area contributed by atoms with Gasteiger partial charge >= 0.3 is 12.3 Å². The summed E-state index contributed by atoms with van der Waals surface area (Å²) in [7, 11) is 0. The first-order valence-corrected chi connectivity index (χ1v) is 10.6. The van der Waals surface area contributed by atoms with Crippen LogP contribution in [0.3, 0.4) is 0 Å². The number of benzene rings is 1. The molecule has 3 aromatic rings. The minimum absolute atomic E-state index is 0.105. The Morgan fingerprint density at radius 2 is 1.97 bits per heavy atom. The Morgan fingerprint density at radius 3 is 2.63 bits per heavy atom. The highest BCUT2D eigenvalue weighted by atomic mass is 35.5. The van der Waals surface area contributed by atoms with Crippen LogP contribution in [0, 0.1) is 0 Å². The van der Waals surface area contributed by atoms with E-state index in [-0.39, 0.29) is 11.6 Å². The lowest BCUT2D eigenvalue weighted by molar-refractivity contribution is -0.132. The molecule has 10 heteroatoms. The van der Waals surface area contributed by atoms with Gasteiger partial charge in [-0.25, -0.2) is 4.98 Å². The van der Waals surface area contributed by atoms with Crippen LogP contribution in [0.1, 0.15) is 40.5 Å². The van der Waals surface area contributed by atoms with E-state index in [0.717, 1.165) is 23.3 Å². The summed E-state index contributed by atoms with van der Waals surface area (Å²) in [6.45, 7) is 0. The number of imidazole rings is 1. The lowest BCUT2D eigenvalue weighted by Crippen LogP contribution is -2.45. The second-order valence-electron chi connectivity index (χ2n) is 6.86. The van der Waals surface area contributed by atoms with Crippen molar-refractivity contribution in [3.05, 3.63) is 64.6 Å². The van der Waals surface area contributed by atoms with Crippen molar-refractivity contribution in [3.63, 3.8) is 0 Å². The summed E-state index contributed by atoms with van der Waals surface area (Å²) in [5.41, 5.74) is 6.06. The van der Waals surface area contributed by atoms with Crippen molar-refractivity contribution in [1.29, 1.82) is 0 Å². The summed E-state index contributed by atoms with van der Waals surface area (Å²) in [4.78, 5) is 29.2. The lowest BCUT2D eigenvalue weighted by atomic mass is 10.2. The van der Waals surface area contributed by atoms with Crippen molar-refractivity contribution in [2.24, 2.45) is 0 Å². The molecule has 1 saturated carbocycles. The van der Waals surface area contributed by atoms with E-state index in [0.29, 0.717) is 22.1 Å². The second kappa shape index (κ2) is 8.61. The minimum atomic E-state index is -3.23. The molecule has 0 spiro atoms. The van der Waals surface area contributed by atoms with Crippen LogP contribution in [-0.4, -0.2) is 27.6 Å². The zero-order valence-corrected chi connectivity index (χ0v) is 17.1. The number of hydrogen-bond acceptors (Lipinski definition) is 4. The molecule has 2 amide bonds. The third-order valence-electron chi connectivity index (χ3n) is 4.60. The first-order chi connectivity index (χ1) is 14.4. The van der Waals surface area contributed by atoms with Gasteiger partial charge in [-0.3, -0.25) is 24.8 Å². The number of nitrogens with zero attached hydrogens (tertiary/aromatic N) is 2. The first-order valence-electron chi connectivity index (χ1n) is 9.20. The Morgan fingerprint density at radius 1 is 1.23 bits per heavy atom. The maximum absolute atomic E-state index is 12.7. The highest BCUT2D eigenvalue weighted by Crippen LogP contribution is 2.42. The number of nitrogens with one attached hydrogen (secondary N) is 2. The number of hydrazine groups is 1. The van der Waals surface area contributed by atoms with Crippen molar-refractivity contribution >= 4 is 40.8 Å². The molecule has 2 N–H and O–H groups in total. The summed E-state index contributed by atoms with van der Waals surface area (Å²) in [5, 5.41) is 0.380. The van der Waals surface area contributed by atoms with E-state index >= 15 is 0 Å². The van der Waals surface area contributed by atoms with Gasteiger partial charge in [0.25, 0.3) is 5.91 Å². The van der Waals surface area contributed by atoms with E-state index in [4.69, 9.17) is 11.6 Å². The number of aromatic nitrogens is 2. The molecule has 0 atom stereocenters. The summed E-state index contributed by atoms with van der Waals surface area (Å²) in [5.74, 6) is -1.49. The van der Waals surface area contributed by atoms with Gasteiger partial charge in [0.2, 0.25) is 0 Å². The molecule has 0 saturated heterocycles. The Bertz CT molecular complexity index is 1100. The summed E-state index contributed by atoms with van der Waals surface area (Å²) in [6.07, 6.45) is 0.268. The van der Waals surface area contributed by atoms with Gasteiger partial charge in [-0.1, -0.05) is 41.9 Å². The fraction of sp³-hybridized carbons (Fsp3) is 0.250. The zero-order valence-electron chi connectivity index (χ0n) is 15.6. The van der Waals surface area contributed by atoms with E-state index in [2.05, 4.69) is 4.98 Å². The normalized spacial score (nSPS) is 13.6. The highest BCUT2D eigenvalue weighted by Gasteiger charge is 2.33. The van der Waals surface area contributed by atoms with Gasteiger partial charge in [-0.2, -0.15) is 8.78 Å². The topological polar surface area (TPSA) is 75.5 Å². The fourth-order valence-electron chi connectivity index (χ4n) is 3.02. The van der Waals surface area contributed by atoms with Crippen molar-refractivity contribution in [3.8, 4) is 0 Å². The van der Waals surface area contributed by atoms with Crippen LogP contribution in [0.25, 0.3) is 5.65 Å². The van der Waals surface area contributed by atoms with E-state index in [9.17, 15) is 18.4 Å². The number of pyridine rings is 1. The maximum Gasteiger partial charge on any atom is 0.317 e. The van der Waals surface area contributed by atoms with Crippen molar-refractivity contribution in [2.75, 3.05) is 0 Å². The predicted molar refractivity (Wildman–Crippen MR) is 110 cm³/mol. The van der Waals surface area contributed by atoms with Crippen LogP contribution in [0.15, 0.2) is 47.5 Å². The van der Waals surface area contributed by atoms with Crippen LogP contribution in [0.2, 0.25) is 5.02 Å². The molecular weight excluding hydrogens is 434 g/mol. The third kappa shape index (κ3) is 4.41. The minimum Gasteiger partial charge on any atom is -0.293 e. The first kappa shape index (κ1) is 20.6. The molecule has 6 nitrogen and oxygen atoms in total. The van der Waals surface area contributed by atoms with E-state index in [1.165, 1.54) is 0 Å². The van der Waals surface area contributed by atoms with Crippen LogP contribution in [-0.2, 0) is 10.5 Å². The van der Waals surface area contributed by atoms with Gasteiger partial charge in [0.05, 0.1) is 10.7 Å². The van der Waals surface area contributed by atoms with Gasteiger partial charge < -0.3 is 0 Å².